The molecule has 5 nitrogen and oxygen atoms in total. The molecular weight excluding hydrogens is 405 g/mol. The van der Waals surface area contributed by atoms with Gasteiger partial charge in [-0.25, -0.2) is 4.98 Å². The van der Waals surface area contributed by atoms with Crippen LogP contribution in [0.3, 0.4) is 0 Å². The number of likely N-dealkylation sites (N-methyl/N-ethyl adjacent to an activating group) is 1. The second kappa shape index (κ2) is 8.52. The Bertz CT molecular complexity index is 979. The molecule has 1 N–H and O–H groups in total. The first-order valence-corrected chi connectivity index (χ1v) is 9.54. The summed E-state index contributed by atoms with van der Waals surface area (Å²) in [4.78, 5) is 30.1. The molecule has 0 radical (unpaired) electrons. The molecular formula is C19H15Cl2N3O2S. The average Bonchev–Trinajstić information content (AvgIpc) is 3.05. The number of fused-ring (bicyclic) bond motifs is 1. The number of carbonyl (C=O) groups is 2. The summed E-state index contributed by atoms with van der Waals surface area (Å²) in [6.45, 7) is -0.134. The van der Waals surface area contributed by atoms with Crippen LogP contribution in [0.1, 0.15) is 5.01 Å². The fraction of sp³-hybridized carbons (Fsp3) is 0.105. The number of halogens is 2. The van der Waals surface area contributed by atoms with Crippen LogP contribution < -0.4 is 5.32 Å². The van der Waals surface area contributed by atoms with Crippen molar-refractivity contribution in [2.75, 3.05) is 18.9 Å². The van der Waals surface area contributed by atoms with Gasteiger partial charge < -0.3 is 10.2 Å². The van der Waals surface area contributed by atoms with Crippen LogP contribution in [0.4, 0.5) is 5.69 Å². The molecule has 0 aliphatic heterocycles. The number of rotatable bonds is 5. The standard InChI is InChI=1S/C19H15Cl2N3O2S/c1-24(11-16(25)23-19-12(20)5-4-6-13(19)21)18(26)10-9-17-22-14-7-2-3-8-15(14)27-17/h2-10H,11H2,1H3,(H,23,25)/b10-9+. The topological polar surface area (TPSA) is 62.3 Å². The molecule has 2 amide bonds. The van der Waals surface area contributed by atoms with Crippen LogP contribution in [0, 0.1) is 0 Å². The summed E-state index contributed by atoms with van der Waals surface area (Å²) in [5, 5.41) is 4.02. The SMILES string of the molecule is CN(CC(=O)Nc1c(Cl)cccc1Cl)C(=O)/C=C/c1nc2ccccc2s1. The van der Waals surface area contributed by atoms with Gasteiger partial charge in [-0.2, -0.15) is 0 Å². The van der Waals surface area contributed by atoms with Gasteiger partial charge in [0, 0.05) is 13.1 Å². The van der Waals surface area contributed by atoms with Gasteiger partial charge in [-0.3, -0.25) is 9.59 Å². The average molecular weight is 420 g/mol. The van der Waals surface area contributed by atoms with Crippen molar-refractivity contribution < 1.29 is 9.59 Å². The number of aromatic nitrogens is 1. The van der Waals surface area contributed by atoms with Crippen molar-refractivity contribution in [1.82, 2.24) is 9.88 Å². The smallest absolute Gasteiger partial charge is 0.246 e. The number of anilines is 1. The molecule has 0 aliphatic carbocycles. The quantitative estimate of drug-likeness (QED) is 0.608. The molecule has 0 unspecified atom stereocenters. The van der Waals surface area contributed by atoms with Crippen LogP contribution in [-0.4, -0.2) is 35.3 Å². The van der Waals surface area contributed by atoms with Crippen LogP contribution in [0.5, 0.6) is 0 Å². The number of nitrogens with one attached hydrogen (secondary N) is 1. The summed E-state index contributed by atoms with van der Waals surface area (Å²) >= 11 is 13.5. The number of nitrogens with zero attached hydrogens (tertiary/aromatic N) is 2. The lowest BCUT2D eigenvalue weighted by Gasteiger charge is -2.15. The van der Waals surface area contributed by atoms with Gasteiger partial charge in [0.05, 0.1) is 32.5 Å². The van der Waals surface area contributed by atoms with Gasteiger partial charge in [0.2, 0.25) is 11.8 Å². The molecule has 138 valence electrons. The van der Waals surface area contributed by atoms with Crippen molar-refractivity contribution in [1.29, 1.82) is 0 Å². The normalized spacial score (nSPS) is 11.1. The monoisotopic (exact) mass is 419 g/mol. The zero-order valence-corrected chi connectivity index (χ0v) is 16.6. The lowest BCUT2D eigenvalue weighted by atomic mass is 10.3. The molecule has 1 heterocycles. The third-order valence-corrected chi connectivity index (χ3v) is 5.29. The first-order valence-electron chi connectivity index (χ1n) is 7.96. The van der Waals surface area contributed by atoms with E-state index in [-0.39, 0.29) is 12.5 Å². The van der Waals surface area contributed by atoms with Gasteiger partial charge in [0.15, 0.2) is 0 Å². The van der Waals surface area contributed by atoms with E-state index < -0.39 is 5.91 Å². The second-order valence-electron chi connectivity index (χ2n) is 5.69. The van der Waals surface area contributed by atoms with Crippen molar-refractivity contribution in [3.8, 4) is 0 Å². The molecule has 3 rings (SSSR count). The lowest BCUT2D eigenvalue weighted by Crippen LogP contribution is -2.34. The van der Waals surface area contributed by atoms with E-state index in [0.29, 0.717) is 15.7 Å². The Kier molecular flexibility index (Phi) is 6.11. The first kappa shape index (κ1) is 19.4. The fourth-order valence-electron chi connectivity index (χ4n) is 2.32. The van der Waals surface area contributed by atoms with Crippen LogP contribution in [0.25, 0.3) is 16.3 Å². The number of hydrogen-bond acceptors (Lipinski definition) is 4. The predicted octanol–water partition coefficient (Wildman–Crippen LogP) is 4.71. The zero-order chi connectivity index (χ0) is 19.4. The maximum Gasteiger partial charge on any atom is 0.246 e. The van der Waals surface area contributed by atoms with Gasteiger partial charge in [-0.05, 0) is 30.3 Å². The van der Waals surface area contributed by atoms with Crippen molar-refractivity contribution >= 4 is 68.3 Å². The predicted molar refractivity (Wildman–Crippen MR) is 111 cm³/mol. The summed E-state index contributed by atoms with van der Waals surface area (Å²) in [5.41, 5.74) is 1.22. The fourth-order valence-corrected chi connectivity index (χ4v) is 3.68. The molecule has 0 saturated carbocycles. The molecule has 0 saturated heterocycles. The van der Waals surface area contributed by atoms with E-state index >= 15 is 0 Å². The van der Waals surface area contributed by atoms with Gasteiger partial charge in [-0.1, -0.05) is 41.4 Å². The summed E-state index contributed by atoms with van der Waals surface area (Å²) in [6, 6.07) is 12.7. The number of amides is 2. The van der Waals surface area contributed by atoms with E-state index in [1.54, 1.807) is 31.3 Å². The third-order valence-electron chi connectivity index (χ3n) is 3.66. The highest BCUT2D eigenvalue weighted by molar-refractivity contribution is 7.19. The maximum absolute atomic E-state index is 12.2. The minimum Gasteiger partial charge on any atom is -0.333 e. The van der Waals surface area contributed by atoms with Crippen molar-refractivity contribution in [3.05, 3.63) is 63.6 Å². The summed E-state index contributed by atoms with van der Waals surface area (Å²) in [5.74, 6) is -0.705. The van der Waals surface area contributed by atoms with Gasteiger partial charge in [0.25, 0.3) is 0 Å². The highest BCUT2D eigenvalue weighted by atomic mass is 35.5. The molecule has 0 bridgehead atoms. The van der Waals surface area contributed by atoms with Gasteiger partial charge in [-0.15, -0.1) is 11.3 Å². The van der Waals surface area contributed by atoms with Crippen LogP contribution in [0.15, 0.2) is 48.5 Å². The third kappa shape index (κ3) is 4.86. The molecule has 0 spiro atoms. The molecule has 0 fully saturated rings. The van der Waals surface area contributed by atoms with Crippen LogP contribution >= 0.6 is 34.5 Å². The molecule has 3 aromatic rings. The highest BCUT2D eigenvalue weighted by Crippen LogP contribution is 2.29. The Morgan fingerprint density at radius 3 is 2.56 bits per heavy atom. The lowest BCUT2D eigenvalue weighted by molar-refractivity contribution is -0.129. The summed E-state index contributed by atoms with van der Waals surface area (Å²) < 4.78 is 1.05. The van der Waals surface area contributed by atoms with E-state index in [4.69, 9.17) is 23.2 Å². The zero-order valence-electron chi connectivity index (χ0n) is 14.3. The van der Waals surface area contributed by atoms with E-state index in [1.165, 1.54) is 22.3 Å². The largest absolute Gasteiger partial charge is 0.333 e. The minimum absolute atomic E-state index is 0.134. The second-order valence-corrected chi connectivity index (χ2v) is 7.57. The molecule has 0 aliphatic rings. The van der Waals surface area contributed by atoms with Crippen LogP contribution in [-0.2, 0) is 9.59 Å². The van der Waals surface area contributed by atoms with Crippen molar-refractivity contribution in [2.45, 2.75) is 0 Å². The summed E-state index contributed by atoms with van der Waals surface area (Å²) in [6.07, 6.45) is 3.04. The van der Waals surface area contributed by atoms with Crippen molar-refractivity contribution in [2.24, 2.45) is 0 Å². The Labute approximate surface area is 170 Å². The molecule has 1 aromatic heterocycles. The number of hydrogen-bond donors (Lipinski definition) is 1. The Balaban J connectivity index is 1.60. The highest BCUT2D eigenvalue weighted by Gasteiger charge is 2.14. The molecule has 27 heavy (non-hydrogen) atoms. The molecule has 8 heteroatoms. The van der Waals surface area contributed by atoms with Gasteiger partial charge in [0.1, 0.15) is 5.01 Å². The Hall–Kier alpha value is -2.41. The number of para-hydroxylation sites is 2. The molecule has 0 atom stereocenters. The van der Waals surface area contributed by atoms with E-state index in [2.05, 4.69) is 10.3 Å². The van der Waals surface area contributed by atoms with Gasteiger partial charge >= 0.3 is 0 Å². The number of carbonyl (C=O) groups excluding carboxylic acids is 2. The van der Waals surface area contributed by atoms with E-state index in [1.807, 2.05) is 24.3 Å². The van der Waals surface area contributed by atoms with E-state index in [0.717, 1.165) is 15.2 Å². The minimum atomic E-state index is -0.394. The van der Waals surface area contributed by atoms with Crippen molar-refractivity contribution in [3.63, 3.8) is 0 Å². The first-order chi connectivity index (χ1) is 12.9. The maximum atomic E-state index is 12.2. The summed E-state index contributed by atoms with van der Waals surface area (Å²) in [7, 11) is 1.54. The Morgan fingerprint density at radius 2 is 1.85 bits per heavy atom. The number of benzene rings is 2. The van der Waals surface area contributed by atoms with E-state index in [9.17, 15) is 9.59 Å². The molecule has 2 aromatic carbocycles. The van der Waals surface area contributed by atoms with Crippen LogP contribution in [0.2, 0.25) is 10.0 Å². The Morgan fingerprint density at radius 1 is 1.15 bits per heavy atom. The number of thiazole rings is 1.